The number of nitrogens with zero attached hydrogens (tertiary/aromatic N) is 6. The fourth-order valence-corrected chi connectivity index (χ4v) is 7.48. The third-order valence-corrected chi connectivity index (χ3v) is 9.19. The van der Waals surface area contributed by atoms with Crippen LogP contribution in [0.25, 0.3) is 0 Å². The maximum absolute atomic E-state index is 12.3. The summed E-state index contributed by atoms with van der Waals surface area (Å²) in [7, 11) is 0. The molecule has 5 aliphatic rings. The number of primary amides is 1. The maximum atomic E-state index is 12.3. The van der Waals surface area contributed by atoms with Gasteiger partial charge in [0.1, 0.15) is 17.7 Å². The van der Waals surface area contributed by atoms with Crippen LogP contribution in [0.3, 0.4) is 0 Å². The summed E-state index contributed by atoms with van der Waals surface area (Å²) in [5.41, 5.74) is 12.1. The number of pyridine rings is 1. The highest BCUT2D eigenvalue weighted by Gasteiger charge is 2.58. The predicted octanol–water partition coefficient (Wildman–Crippen LogP) is 1.79. The van der Waals surface area contributed by atoms with Crippen LogP contribution < -0.4 is 16.4 Å². The number of piperazine rings is 1. The molecule has 0 aromatic carbocycles. The van der Waals surface area contributed by atoms with Crippen LogP contribution in [-0.2, 0) is 4.79 Å². The first-order valence-corrected chi connectivity index (χ1v) is 12.7. The van der Waals surface area contributed by atoms with Crippen molar-refractivity contribution >= 4 is 17.6 Å². The van der Waals surface area contributed by atoms with Gasteiger partial charge in [-0.15, -0.1) is 0 Å². The van der Waals surface area contributed by atoms with Crippen molar-refractivity contribution in [1.82, 2.24) is 9.88 Å². The van der Waals surface area contributed by atoms with Gasteiger partial charge in [0.25, 0.3) is 0 Å². The Morgan fingerprint density at radius 1 is 1.20 bits per heavy atom. The first-order valence-electron chi connectivity index (χ1n) is 12.7. The number of nitriles is 2. The number of aliphatic imine (C=N–C) groups is 1. The SMILES string of the molecule is CC(CC#N)(C(N)=NC1C2CC3CC1CC(C(N)=O)(C3)C2)N1CCN(c2ncccc2C#N)CC1. The topological polar surface area (TPSA) is 148 Å². The number of carbonyl (C=O) groups is 1. The van der Waals surface area contributed by atoms with Gasteiger partial charge in [0.2, 0.25) is 5.91 Å². The smallest absolute Gasteiger partial charge is 0.223 e. The fraction of sp³-hybridized carbons (Fsp3) is 0.654. The van der Waals surface area contributed by atoms with E-state index in [0.717, 1.165) is 32.1 Å². The highest BCUT2D eigenvalue weighted by molar-refractivity contribution is 5.90. The van der Waals surface area contributed by atoms with Gasteiger partial charge in [0.05, 0.1) is 29.6 Å². The number of nitrogens with two attached hydrogens (primary N) is 2. The molecule has 1 aromatic rings. The average molecular weight is 475 g/mol. The molecule has 0 spiro atoms. The summed E-state index contributed by atoms with van der Waals surface area (Å²) in [6.07, 6.45) is 6.70. The van der Waals surface area contributed by atoms with Crippen LogP contribution >= 0.6 is 0 Å². The van der Waals surface area contributed by atoms with Gasteiger partial charge in [-0.1, -0.05) is 0 Å². The molecule has 184 valence electrons. The molecule has 0 radical (unpaired) electrons. The van der Waals surface area contributed by atoms with E-state index in [1.807, 2.05) is 6.92 Å². The lowest BCUT2D eigenvalue weighted by Gasteiger charge is -2.58. The molecule has 9 nitrogen and oxygen atoms in total. The number of amidine groups is 1. The lowest BCUT2D eigenvalue weighted by molar-refractivity contribution is -0.144. The van der Waals surface area contributed by atoms with Crippen LogP contribution in [0.2, 0.25) is 0 Å². The molecular formula is C26H34N8O. The molecule has 1 saturated heterocycles. The van der Waals surface area contributed by atoms with Gasteiger partial charge in [-0.3, -0.25) is 14.7 Å². The second kappa shape index (κ2) is 8.80. The second-order valence-corrected chi connectivity index (χ2v) is 11.2. The number of hydrogen-bond donors (Lipinski definition) is 2. The van der Waals surface area contributed by atoms with Crippen molar-refractivity contribution in [2.45, 2.75) is 57.0 Å². The summed E-state index contributed by atoms with van der Waals surface area (Å²) < 4.78 is 0. The van der Waals surface area contributed by atoms with E-state index in [-0.39, 0.29) is 23.8 Å². The quantitative estimate of drug-likeness (QED) is 0.471. The minimum Gasteiger partial charge on any atom is -0.386 e. The molecule has 6 rings (SSSR count). The molecule has 4 saturated carbocycles. The summed E-state index contributed by atoms with van der Waals surface area (Å²) in [6.45, 7) is 4.79. The van der Waals surface area contributed by atoms with Gasteiger partial charge in [0.15, 0.2) is 0 Å². The van der Waals surface area contributed by atoms with Gasteiger partial charge >= 0.3 is 0 Å². The zero-order valence-electron chi connectivity index (χ0n) is 20.4. The molecule has 2 heterocycles. The zero-order valence-corrected chi connectivity index (χ0v) is 20.4. The van der Waals surface area contributed by atoms with Gasteiger partial charge in [-0.2, -0.15) is 10.5 Å². The van der Waals surface area contributed by atoms with Crippen molar-refractivity contribution in [1.29, 1.82) is 10.5 Å². The van der Waals surface area contributed by atoms with Crippen molar-refractivity contribution in [2.24, 2.45) is 39.6 Å². The summed E-state index contributed by atoms with van der Waals surface area (Å²) in [5.74, 6) is 2.32. The van der Waals surface area contributed by atoms with E-state index in [1.54, 1.807) is 18.3 Å². The van der Waals surface area contributed by atoms with E-state index >= 15 is 0 Å². The van der Waals surface area contributed by atoms with Gasteiger partial charge in [-0.05, 0) is 68.9 Å². The third-order valence-electron chi connectivity index (χ3n) is 9.19. The maximum Gasteiger partial charge on any atom is 0.223 e. The van der Waals surface area contributed by atoms with Crippen LogP contribution in [0.15, 0.2) is 23.3 Å². The Labute approximate surface area is 206 Å². The molecule has 5 fully saturated rings. The summed E-state index contributed by atoms with van der Waals surface area (Å²) >= 11 is 0. The fourth-order valence-electron chi connectivity index (χ4n) is 7.48. The Balaban J connectivity index is 1.34. The molecule has 4 bridgehead atoms. The van der Waals surface area contributed by atoms with Crippen LogP contribution in [0.4, 0.5) is 5.82 Å². The van der Waals surface area contributed by atoms with E-state index in [4.69, 9.17) is 16.5 Å². The number of carbonyl (C=O) groups excluding carboxylic acids is 1. The van der Waals surface area contributed by atoms with Crippen molar-refractivity contribution < 1.29 is 4.79 Å². The molecule has 1 aliphatic heterocycles. The summed E-state index contributed by atoms with van der Waals surface area (Å²) in [4.78, 5) is 26.2. The van der Waals surface area contributed by atoms with Crippen LogP contribution in [0.5, 0.6) is 0 Å². The van der Waals surface area contributed by atoms with Crippen LogP contribution in [0.1, 0.15) is 51.0 Å². The number of anilines is 1. The summed E-state index contributed by atoms with van der Waals surface area (Å²) in [5, 5.41) is 19.1. The van der Waals surface area contributed by atoms with Gasteiger partial charge < -0.3 is 16.4 Å². The number of hydrogen-bond acceptors (Lipinski definition) is 7. The molecule has 1 amide bonds. The standard InChI is InChI=1S/C26H34N8O/c1-25(4-5-27,34-9-7-33(8-10-34)22-18(16-28)3-2-6-31-22)23(29)32-21-19-11-17-12-20(21)15-26(13-17,14-19)24(30)35/h2-3,6,17,19-21H,4,7-15H2,1H3,(H2,29,32)(H2,30,35). The van der Waals surface area contributed by atoms with Crippen molar-refractivity contribution in [2.75, 3.05) is 31.1 Å². The Morgan fingerprint density at radius 2 is 1.89 bits per heavy atom. The normalized spacial score (nSPS) is 34.1. The van der Waals surface area contributed by atoms with E-state index < -0.39 is 5.54 Å². The molecule has 4 N–H and O–H groups in total. The minimum absolute atomic E-state index is 0.102. The molecule has 3 atom stereocenters. The van der Waals surface area contributed by atoms with Crippen molar-refractivity contribution in [3.05, 3.63) is 23.9 Å². The largest absolute Gasteiger partial charge is 0.386 e. The molecule has 1 aromatic heterocycles. The van der Waals surface area contributed by atoms with E-state index in [2.05, 4.69) is 26.9 Å². The second-order valence-electron chi connectivity index (χ2n) is 11.2. The zero-order chi connectivity index (χ0) is 24.8. The molecule has 4 aliphatic carbocycles. The lowest BCUT2D eigenvalue weighted by Crippen LogP contribution is -2.62. The first-order chi connectivity index (χ1) is 16.8. The summed E-state index contributed by atoms with van der Waals surface area (Å²) in [6, 6.07) is 8.22. The highest BCUT2D eigenvalue weighted by Crippen LogP contribution is 2.60. The van der Waals surface area contributed by atoms with Crippen molar-refractivity contribution in [3.8, 4) is 12.1 Å². The van der Waals surface area contributed by atoms with Gasteiger partial charge in [-0.25, -0.2) is 4.98 Å². The third kappa shape index (κ3) is 3.92. The monoisotopic (exact) mass is 474 g/mol. The Kier molecular flexibility index (Phi) is 5.93. The molecule has 9 heteroatoms. The van der Waals surface area contributed by atoms with E-state index in [1.165, 1.54) is 0 Å². The first kappa shape index (κ1) is 23.6. The van der Waals surface area contributed by atoms with Crippen LogP contribution in [-0.4, -0.2) is 59.4 Å². The number of rotatable bonds is 6. The van der Waals surface area contributed by atoms with Gasteiger partial charge in [0, 0.05) is 37.8 Å². The molecule has 3 unspecified atom stereocenters. The number of aromatic nitrogens is 1. The molecule has 35 heavy (non-hydrogen) atoms. The number of amides is 1. The highest BCUT2D eigenvalue weighted by atomic mass is 16.1. The Bertz CT molecular complexity index is 1100. The minimum atomic E-state index is -0.668. The molecular weight excluding hydrogens is 440 g/mol. The average Bonchev–Trinajstić information content (AvgIpc) is 2.85. The Hall–Kier alpha value is -3.17. The van der Waals surface area contributed by atoms with Crippen LogP contribution in [0, 0.1) is 45.8 Å². The van der Waals surface area contributed by atoms with E-state index in [0.29, 0.717) is 61.1 Å². The Morgan fingerprint density at radius 3 is 2.49 bits per heavy atom. The lowest BCUT2D eigenvalue weighted by atomic mass is 9.48. The predicted molar refractivity (Wildman–Crippen MR) is 132 cm³/mol. The van der Waals surface area contributed by atoms with E-state index in [9.17, 15) is 15.3 Å². The van der Waals surface area contributed by atoms with Crippen molar-refractivity contribution in [3.63, 3.8) is 0 Å².